The van der Waals surface area contributed by atoms with E-state index in [1.807, 2.05) is 13.0 Å². The number of benzene rings is 1. The Morgan fingerprint density at radius 3 is 2.61 bits per heavy atom. The van der Waals surface area contributed by atoms with Crippen LogP contribution in [0.2, 0.25) is 0 Å². The zero-order valence-electron chi connectivity index (χ0n) is 14.0. The molecule has 2 heterocycles. The summed E-state index contributed by atoms with van der Waals surface area (Å²) in [6, 6.07) is 10.8. The molecule has 4 atom stereocenters. The van der Waals surface area contributed by atoms with E-state index >= 15 is 0 Å². The van der Waals surface area contributed by atoms with Gasteiger partial charge >= 0.3 is 6.03 Å². The second-order valence-corrected chi connectivity index (χ2v) is 6.85. The van der Waals surface area contributed by atoms with Crippen LogP contribution in [0.3, 0.4) is 0 Å². The van der Waals surface area contributed by atoms with Crippen molar-refractivity contribution in [3.63, 3.8) is 0 Å². The van der Waals surface area contributed by atoms with E-state index in [1.165, 1.54) is 5.56 Å². The Labute approximate surface area is 138 Å². The molecule has 0 spiro atoms. The van der Waals surface area contributed by atoms with Crippen molar-refractivity contribution in [3.05, 3.63) is 35.9 Å². The zero-order chi connectivity index (χ0) is 16.2. The lowest BCUT2D eigenvalue weighted by atomic mass is 10.1. The van der Waals surface area contributed by atoms with Gasteiger partial charge in [0.25, 0.3) is 0 Å². The maximum absolute atomic E-state index is 12.2. The van der Waals surface area contributed by atoms with Crippen LogP contribution in [0.25, 0.3) is 0 Å². The van der Waals surface area contributed by atoms with E-state index in [2.05, 4.69) is 46.7 Å². The van der Waals surface area contributed by atoms with Crippen molar-refractivity contribution in [2.75, 3.05) is 19.7 Å². The molecule has 126 valence electrons. The van der Waals surface area contributed by atoms with Crippen LogP contribution in [0.15, 0.2) is 30.3 Å². The van der Waals surface area contributed by atoms with Crippen LogP contribution in [0, 0.1) is 5.92 Å². The molecule has 2 saturated heterocycles. The maximum atomic E-state index is 12.2. The molecule has 0 saturated carbocycles. The molecule has 2 N–H and O–H groups in total. The number of hydrogen-bond acceptors (Lipinski definition) is 3. The van der Waals surface area contributed by atoms with Crippen LogP contribution in [0.5, 0.6) is 0 Å². The van der Waals surface area contributed by atoms with Gasteiger partial charge in [0.1, 0.15) is 0 Å². The average Bonchev–Trinajstić information content (AvgIpc) is 3.07. The monoisotopic (exact) mass is 317 g/mol. The summed E-state index contributed by atoms with van der Waals surface area (Å²) in [6.07, 6.45) is 1.01. The molecule has 1 aromatic rings. The normalized spacial score (nSPS) is 31.2. The van der Waals surface area contributed by atoms with Crippen molar-refractivity contribution in [1.82, 2.24) is 15.5 Å². The summed E-state index contributed by atoms with van der Waals surface area (Å²) in [5.41, 5.74) is 1.32. The number of rotatable bonds is 4. The van der Waals surface area contributed by atoms with E-state index in [0.29, 0.717) is 5.92 Å². The lowest BCUT2D eigenvalue weighted by molar-refractivity contribution is 0.114. The molecule has 0 bridgehead atoms. The summed E-state index contributed by atoms with van der Waals surface area (Å²) < 4.78 is 5.49. The third-order valence-corrected chi connectivity index (χ3v) is 4.95. The number of hydrogen-bond donors (Lipinski definition) is 2. The van der Waals surface area contributed by atoms with E-state index < -0.39 is 0 Å². The van der Waals surface area contributed by atoms with Gasteiger partial charge in [0, 0.05) is 32.3 Å². The fraction of sp³-hybridized carbons (Fsp3) is 0.611. The van der Waals surface area contributed by atoms with Gasteiger partial charge in [-0.05, 0) is 24.8 Å². The molecule has 3 rings (SSSR count). The van der Waals surface area contributed by atoms with E-state index in [0.717, 1.165) is 32.7 Å². The summed E-state index contributed by atoms with van der Waals surface area (Å²) in [7, 11) is 0. The fourth-order valence-electron chi connectivity index (χ4n) is 3.53. The van der Waals surface area contributed by atoms with Gasteiger partial charge < -0.3 is 15.4 Å². The molecule has 0 aromatic heterocycles. The minimum absolute atomic E-state index is 0.0641. The minimum Gasteiger partial charge on any atom is -0.376 e. The quantitative estimate of drug-likeness (QED) is 0.893. The predicted octanol–water partition coefficient (Wildman–Crippen LogP) is 1.98. The lowest BCUT2D eigenvalue weighted by Gasteiger charge is -2.21. The van der Waals surface area contributed by atoms with Gasteiger partial charge in [0.05, 0.1) is 12.1 Å². The minimum atomic E-state index is -0.0641. The summed E-state index contributed by atoms with van der Waals surface area (Å²) in [5, 5.41) is 6.19. The Bertz CT molecular complexity index is 522. The molecule has 5 nitrogen and oxygen atoms in total. The fourth-order valence-corrected chi connectivity index (χ4v) is 3.53. The molecule has 0 aliphatic carbocycles. The Balaban J connectivity index is 1.47. The number of carbonyl (C=O) groups excluding carboxylic acids is 1. The molecule has 0 unspecified atom stereocenters. The highest BCUT2D eigenvalue weighted by Crippen LogP contribution is 2.19. The maximum Gasteiger partial charge on any atom is 0.315 e. The van der Waals surface area contributed by atoms with Gasteiger partial charge in [-0.25, -0.2) is 4.79 Å². The molecule has 2 aliphatic heterocycles. The standard InChI is InChI=1S/C18H27N3O2/c1-13-10-21(11-15-6-4-3-5-7-15)12-17(13)20-18(22)19-16-8-9-23-14(16)2/h3-7,13-14,16-17H,8-12H2,1-2H3,(H2,19,20,22)/t13-,14+,16+,17+/m1/s1. The molecule has 5 heteroatoms. The highest BCUT2D eigenvalue weighted by atomic mass is 16.5. The van der Waals surface area contributed by atoms with Gasteiger partial charge in [-0.1, -0.05) is 37.3 Å². The number of likely N-dealkylation sites (tertiary alicyclic amines) is 1. The first-order valence-corrected chi connectivity index (χ1v) is 8.56. The molecule has 0 radical (unpaired) electrons. The van der Waals surface area contributed by atoms with Crippen molar-refractivity contribution < 1.29 is 9.53 Å². The summed E-state index contributed by atoms with van der Waals surface area (Å²) in [4.78, 5) is 14.6. The Hall–Kier alpha value is -1.59. The largest absolute Gasteiger partial charge is 0.376 e. The van der Waals surface area contributed by atoms with Crippen molar-refractivity contribution in [2.45, 2.75) is 45.0 Å². The number of nitrogens with zero attached hydrogens (tertiary/aromatic N) is 1. The average molecular weight is 317 g/mol. The first kappa shape index (κ1) is 16.3. The third kappa shape index (κ3) is 4.24. The Morgan fingerprint density at radius 1 is 1.17 bits per heavy atom. The molecule has 2 aliphatic rings. The van der Waals surface area contributed by atoms with E-state index in [4.69, 9.17) is 4.74 Å². The van der Waals surface area contributed by atoms with Crippen LogP contribution in [0.1, 0.15) is 25.8 Å². The third-order valence-electron chi connectivity index (χ3n) is 4.95. The molecule has 2 amide bonds. The van der Waals surface area contributed by atoms with Crippen molar-refractivity contribution in [1.29, 1.82) is 0 Å². The van der Waals surface area contributed by atoms with Gasteiger partial charge in [-0.15, -0.1) is 0 Å². The van der Waals surface area contributed by atoms with Crippen molar-refractivity contribution >= 4 is 6.03 Å². The summed E-state index contributed by atoms with van der Waals surface area (Å²) in [6.45, 7) is 7.81. The first-order chi connectivity index (χ1) is 11.1. The number of carbonyl (C=O) groups is 1. The van der Waals surface area contributed by atoms with Crippen LogP contribution >= 0.6 is 0 Å². The molecular formula is C18H27N3O2. The summed E-state index contributed by atoms with van der Waals surface area (Å²) >= 11 is 0. The number of urea groups is 1. The van der Waals surface area contributed by atoms with Crippen LogP contribution < -0.4 is 10.6 Å². The Kier molecular flexibility index (Phi) is 5.18. The van der Waals surface area contributed by atoms with Gasteiger partial charge in [-0.2, -0.15) is 0 Å². The Morgan fingerprint density at radius 2 is 1.91 bits per heavy atom. The van der Waals surface area contributed by atoms with Crippen LogP contribution in [-0.2, 0) is 11.3 Å². The van der Waals surface area contributed by atoms with Gasteiger partial charge in [0.2, 0.25) is 0 Å². The van der Waals surface area contributed by atoms with E-state index in [-0.39, 0.29) is 24.2 Å². The van der Waals surface area contributed by atoms with Gasteiger partial charge in [-0.3, -0.25) is 4.90 Å². The molecule has 1 aromatic carbocycles. The second-order valence-electron chi connectivity index (χ2n) is 6.85. The van der Waals surface area contributed by atoms with Crippen LogP contribution in [0.4, 0.5) is 4.79 Å². The molecule has 2 fully saturated rings. The van der Waals surface area contributed by atoms with Crippen molar-refractivity contribution in [2.24, 2.45) is 5.92 Å². The SMILES string of the molecule is C[C@@H]1CN(Cc2ccccc2)C[C@@H]1NC(=O)N[C@H]1CCO[C@H]1C. The smallest absolute Gasteiger partial charge is 0.315 e. The second kappa shape index (κ2) is 7.32. The van der Waals surface area contributed by atoms with Gasteiger partial charge in [0.15, 0.2) is 0 Å². The lowest BCUT2D eigenvalue weighted by Crippen LogP contribution is -2.50. The molecule has 23 heavy (non-hydrogen) atoms. The number of amides is 2. The highest BCUT2D eigenvalue weighted by molar-refractivity contribution is 5.74. The number of nitrogens with one attached hydrogen (secondary N) is 2. The van der Waals surface area contributed by atoms with E-state index in [1.54, 1.807) is 0 Å². The predicted molar refractivity (Wildman–Crippen MR) is 90.2 cm³/mol. The van der Waals surface area contributed by atoms with Crippen molar-refractivity contribution in [3.8, 4) is 0 Å². The topological polar surface area (TPSA) is 53.6 Å². The first-order valence-electron chi connectivity index (χ1n) is 8.56. The highest BCUT2D eigenvalue weighted by Gasteiger charge is 2.32. The molecular weight excluding hydrogens is 290 g/mol. The van der Waals surface area contributed by atoms with Crippen LogP contribution in [-0.4, -0.2) is 48.8 Å². The van der Waals surface area contributed by atoms with E-state index in [9.17, 15) is 4.79 Å². The number of ether oxygens (including phenoxy) is 1. The zero-order valence-corrected chi connectivity index (χ0v) is 14.0. The summed E-state index contributed by atoms with van der Waals surface area (Å²) in [5.74, 6) is 0.460.